The van der Waals surface area contributed by atoms with Gasteiger partial charge in [-0.05, 0) is 25.5 Å². The van der Waals surface area contributed by atoms with E-state index in [-0.39, 0.29) is 12.6 Å². The quantitative estimate of drug-likeness (QED) is 0.512. The molecular weight excluding hydrogens is 286 g/mol. The fraction of sp³-hybridized carbons (Fsp3) is 0.562. The van der Waals surface area contributed by atoms with Crippen LogP contribution in [0.3, 0.4) is 0 Å². The van der Waals surface area contributed by atoms with Crippen LogP contribution in [0.4, 0.5) is 0 Å². The first kappa shape index (κ1) is 18.0. The van der Waals surface area contributed by atoms with Crippen LogP contribution in [0.5, 0.6) is 0 Å². The first-order valence-corrected chi connectivity index (χ1v) is 8.53. The van der Waals surface area contributed by atoms with Crippen LogP contribution in [0, 0.1) is 0 Å². The third kappa shape index (κ3) is 5.02. The number of benzene rings is 1. The molecule has 0 aromatic heterocycles. The van der Waals surface area contributed by atoms with E-state index in [1.807, 2.05) is 37.3 Å². The molecule has 0 heterocycles. The number of esters is 1. The van der Waals surface area contributed by atoms with Crippen LogP contribution in [0.2, 0.25) is 0 Å². The SMILES string of the molecule is CCCNC(CSCCO)(C(=O)OCC)c1ccccc1. The Bertz CT molecular complexity index is 413. The van der Waals surface area contributed by atoms with Crippen LogP contribution >= 0.6 is 11.8 Å². The van der Waals surface area contributed by atoms with E-state index in [4.69, 9.17) is 9.84 Å². The van der Waals surface area contributed by atoms with Crippen molar-refractivity contribution < 1.29 is 14.6 Å². The van der Waals surface area contributed by atoms with E-state index in [9.17, 15) is 4.79 Å². The molecule has 0 spiro atoms. The predicted molar refractivity (Wildman–Crippen MR) is 87.5 cm³/mol. The van der Waals surface area contributed by atoms with Gasteiger partial charge in [0.05, 0.1) is 13.2 Å². The monoisotopic (exact) mass is 311 g/mol. The molecule has 0 fully saturated rings. The third-order valence-corrected chi connectivity index (χ3v) is 4.23. The van der Waals surface area contributed by atoms with Gasteiger partial charge in [-0.1, -0.05) is 37.3 Å². The van der Waals surface area contributed by atoms with Gasteiger partial charge in [0, 0.05) is 11.5 Å². The molecule has 0 aliphatic heterocycles. The maximum atomic E-state index is 12.6. The summed E-state index contributed by atoms with van der Waals surface area (Å²) >= 11 is 1.55. The standard InChI is InChI=1S/C16H25NO3S/c1-3-10-17-16(13-21-12-11-18,15(19)20-4-2)14-8-6-5-7-9-14/h5-9,17-18H,3-4,10-13H2,1-2H3. The summed E-state index contributed by atoms with van der Waals surface area (Å²) in [6.07, 6.45) is 0.929. The van der Waals surface area contributed by atoms with Crippen LogP contribution in [0.1, 0.15) is 25.8 Å². The van der Waals surface area contributed by atoms with E-state index >= 15 is 0 Å². The molecule has 118 valence electrons. The number of nitrogens with one attached hydrogen (secondary N) is 1. The Morgan fingerprint density at radius 1 is 1.33 bits per heavy atom. The number of carbonyl (C=O) groups is 1. The fourth-order valence-electron chi connectivity index (χ4n) is 2.09. The Morgan fingerprint density at radius 3 is 2.62 bits per heavy atom. The lowest BCUT2D eigenvalue weighted by Gasteiger charge is -2.33. The van der Waals surface area contributed by atoms with Crippen molar-refractivity contribution in [1.82, 2.24) is 5.32 Å². The summed E-state index contributed by atoms with van der Waals surface area (Å²) in [4.78, 5) is 12.6. The van der Waals surface area contributed by atoms with E-state index in [1.54, 1.807) is 11.8 Å². The second-order valence-corrected chi connectivity index (χ2v) is 5.80. The molecule has 1 aromatic rings. The summed E-state index contributed by atoms with van der Waals surface area (Å²) in [6, 6.07) is 9.67. The van der Waals surface area contributed by atoms with Crippen LogP contribution in [0.15, 0.2) is 30.3 Å². The highest BCUT2D eigenvalue weighted by Crippen LogP contribution is 2.27. The second-order valence-electron chi connectivity index (χ2n) is 4.69. The van der Waals surface area contributed by atoms with Crippen molar-refractivity contribution in [2.24, 2.45) is 0 Å². The van der Waals surface area contributed by atoms with Crippen molar-refractivity contribution in [1.29, 1.82) is 0 Å². The number of aliphatic hydroxyl groups excluding tert-OH is 1. The van der Waals surface area contributed by atoms with Gasteiger partial charge in [-0.25, -0.2) is 4.79 Å². The molecule has 2 N–H and O–H groups in total. The zero-order valence-electron chi connectivity index (χ0n) is 12.8. The first-order valence-electron chi connectivity index (χ1n) is 7.37. The van der Waals surface area contributed by atoms with Crippen molar-refractivity contribution in [2.45, 2.75) is 25.8 Å². The zero-order chi connectivity index (χ0) is 15.6. The molecule has 0 bridgehead atoms. The van der Waals surface area contributed by atoms with Crippen LogP contribution in [-0.4, -0.2) is 42.3 Å². The van der Waals surface area contributed by atoms with Crippen molar-refractivity contribution in [2.75, 3.05) is 31.3 Å². The molecule has 0 saturated heterocycles. The molecular formula is C16H25NO3S. The first-order chi connectivity index (χ1) is 10.2. The highest BCUT2D eigenvalue weighted by Gasteiger charge is 2.41. The number of ether oxygens (including phenoxy) is 1. The molecule has 0 saturated carbocycles. The van der Waals surface area contributed by atoms with Crippen molar-refractivity contribution in [3.8, 4) is 0 Å². The minimum absolute atomic E-state index is 0.103. The van der Waals surface area contributed by atoms with Gasteiger partial charge in [-0.3, -0.25) is 5.32 Å². The van der Waals surface area contributed by atoms with Gasteiger partial charge >= 0.3 is 5.97 Å². The summed E-state index contributed by atoms with van der Waals surface area (Å²) in [5.41, 5.74) is 0.0509. The third-order valence-electron chi connectivity index (χ3n) is 3.12. The van der Waals surface area contributed by atoms with Crippen LogP contribution in [-0.2, 0) is 15.1 Å². The Kier molecular flexibility index (Phi) is 8.42. The zero-order valence-corrected chi connectivity index (χ0v) is 13.6. The number of thioether (sulfide) groups is 1. The van der Waals surface area contributed by atoms with Crippen molar-refractivity contribution in [3.05, 3.63) is 35.9 Å². The van der Waals surface area contributed by atoms with Gasteiger partial charge in [0.1, 0.15) is 0 Å². The minimum Gasteiger partial charge on any atom is -0.464 e. The van der Waals surface area contributed by atoms with Crippen molar-refractivity contribution >= 4 is 17.7 Å². The Labute approximate surface area is 131 Å². The average molecular weight is 311 g/mol. The van der Waals surface area contributed by atoms with Gasteiger partial charge in [0.2, 0.25) is 0 Å². The molecule has 21 heavy (non-hydrogen) atoms. The highest BCUT2D eigenvalue weighted by atomic mass is 32.2. The largest absolute Gasteiger partial charge is 0.464 e. The molecule has 1 unspecified atom stereocenters. The van der Waals surface area contributed by atoms with E-state index in [1.165, 1.54) is 0 Å². The summed E-state index contributed by atoms with van der Waals surface area (Å²) in [5.74, 6) is 0.883. The molecule has 0 aliphatic rings. The fourth-order valence-corrected chi connectivity index (χ4v) is 3.06. The summed E-state index contributed by atoms with van der Waals surface area (Å²) < 4.78 is 5.31. The van der Waals surface area contributed by atoms with Gasteiger partial charge in [0.15, 0.2) is 5.54 Å². The van der Waals surface area contributed by atoms with E-state index in [0.717, 1.165) is 18.5 Å². The van der Waals surface area contributed by atoms with Gasteiger partial charge in [-0.15, -0.1) is 0 Å². The van der Waals surface area contributed by atoms with E-state index < -0.39 is 5.54 Å². The molecule has 0 amide bonds. The van der Waals surface area contributed by atoms with Crippen molar-refractivity contribution in [3.63, 3.8) is 0 Å². The predicted octanol–water partition coefficient (Wildman–Crippen LogP) is 2.17. The minimum atomic E-state index is -0.854. The Hall–Kier alpha value is -1.04. The van der Waals surface area contributed by atoms with E-state index in [2.05, 4.69) is 12.2 Å². The maximum Gasteiger partial charge on any atom is 0.331 e. The molecule has 5 heteroatoms. The molecule has 1 rings (SSSR count). The smallest absolute Gasteiger partial charge is 0.331 e. The molecule has 4 nitrogen and oxygen atoms in total. The molecule has 1 atom stereocenters. The van der Waals surface area contributed by atoms with E-state index in [0.29, 0.717) is 18.1 Å². The van der Waals surface area contributed by atoms with Gasteiger partial charge < -0.3 is 9.84 Å². The Balaban J connectivity index is 3.09. The Morgan fingerprint density at radius 2 is 2.05 bits per heavy atom. The average Bonchev–Trinajstić information content (AvgIpc) is 2.52. The lowest BCUT2D eigenvalue weighted by Crippen LogP contribution is -2.52. The topological polar surface area (TPSA) is 58.6 Å². The number of rotatable bonds is 10. The number of carbonyl (C=O) groups excluding carboxylic acids is 1. The number of hydrogen-bond donors (Lipinski definition) is 2. The normalized spacial score (nSPS) is 13.7. The maximum absolute atomic E-state index is 12.6. The van der Waals surface area contributed by atoms with Crippen LogP contribution in [0.25, 0.3) is 0 Å². The summed E-state index contributed by atoms with van der Waals surface area (Å²) in [5, 5.41) is 12.4. The summed E-state index contributed by atoms with van der Waals surface area (Å²) in [6.45, 7) is 5.06. The number of aliphatic hydroxyl groups is 1. The molecule has 0 radical (unpaired) electrons. The molecule has 1 aromatic carbocycles. The molecule has 0 aliphatic carbocycles. The lowest BCUT2D eigenvalue weighted by atomic mass is 9.91. The van der Waals surface area contributed by atoms with Crippen LogP contribution < -0.4 is 5.32 Å². The van der Waals surface area contributed by atoms with Gasteiger partial charge in [0.25, 0.3) is 0 Å². The second kappa shape index (κ2) is 9.82. The van der Waals surface area contributed by atoms with Gasteiger partial charge in [-0.2, -0.15) is 11.8 Å². The lowest BCUT2D eigenvalue weighted by molar-refractivity contribution is -0.150. The highest BCUT2D eigenvalue weighted by molar-refractivity contribution is 7.99. The number of hydrogen-bond acceptors (Lipinski definition) is 5. The summed E-state index contributed by atoms with van der Waals surface area (Å²) in [7, 11) is 0.